The van der Waals surface area contributed by atoms with Crippen LogP contribution in [-0.4, -0.2) is 42.1 Å². The minimum atomic E-state index is -0.813. The Kier molecular flexibility index (Phi) is 12.1. The predicted molar refractivity (Wildman–Crippen MR) is 147 cm³/mol. The van der Waals surface area contributed by atoms with Crippen LogP contribution in [0, 0.1) is 5.92 Å². The third-order valence-corrected chi connectivity index (χ3v) is 5.66. The molecule has 7 nitrogen and oxygen atoms in total. The molecule has 0 aromatic heterocycles. The van der Waals surface area contributed by atoms with E-state index in [9.17, 15) is 14.4 Å². The highest BCUT2D eigenvalue weighted by Crippen LogP contribution is 2.11. The first-order valence-electron chi connectivity index (χ1n) is 13.2. The fourth-order valence-corrected chi connectivity index (χ4v) is 3.92. The molecule has 2 atom stereocenters. The number of alkyl carbamates (subject to hydrolysis) is 1. The molecule has 0 aliphatic heterocycles. The normalized spacial score (nSPS) is 12.9. The molecule has 0 unspecified atom stereocenters. The Morgan fingerprint density at radius 2 is 1.38 bits per heavy atom. The van der Waals surface area contributed by atoms with E-state index >= 15 is 0 Å². The number of amides is 3. The maximum atomic E-state index is 13.3. The van der Waals surface area contributed by atoms with Gasteiger partial charge in [-0.1, -0.05) is 74.5 Å². The van der Waals surface area contributed by atoms with Gasteiger partial charge in [-0.3, -0.25) is 9.59 Å². The van der Waals surface area contributed by atoms with Crippen LogP contribution in [0.4, 0.5) is 4.79 Å². The average Bonchev–Trinajstić information content (AvgIpc) is 2.82. The maximum absolute atomic E-state index is 13.3. The third kappa shape index (κ3) is 12.4. The second-order valence-corrected chi connectivity index (χ2v) is 10.8. The van der Waals surface area contributed by atoms with Crippen LogP contribution in [0.2, 0.25) is 0 Å². The number of benzene rings is 2. The average molecular weight is 510 g/mol. The zero-order valence-corrected chi connectivity index (χ0v) is 22.9. The minimum absolute atomic E-state index is 0.150. The number of carbonyl (C=O) groups excluding carboxylic acids is 3. The first-order chi connectivity index (χ1) is 17.5. The van der Waals surface area contributed by atoms with Gasteiger partial charge in [0.1, 0.15) is 17.7 Å². The second-order valence-electron chi connectivity index (χ2n) is 10.8. The molecule has 0 spiro atoms. The SMILES string of the molecule is CC(C)C[C@@H](NC(=O)OC(C)(C)C)C(=O)N[C@@H](Cc1ccccc1)C(=O)NCCCCc1ccccc1. The highest BCUT2D eigenvalue weighted by molar-refractivity contribution is 5.91. The zero-order valence-electron chi connectivity index (χ0n) is 22.9. The number of nitrogens with one attached hydrogen (secondary N) is 3. The lowest BCUT2D eigenvalue weighted by molar-refractivity contribution is -0.130. The molecule has 3 amide bonds. The van der Waals surface area contributed by atoms with Crippen molar-refractivity contribution < 1.29 is 19.1 Å². The summed E-state index contributed by atoms with van der Waals surface area (Å²) in [6.45, 7) is 9.78. The summed E-state index contributed by atoms with van der Waals surface area (Å²) < 4.78 is 5.35. The van der Waals surface area contributed by atoms with Crippen LogP contribution in [-0.2, 0) is 27.2 Å². The molecule has 2 rings (SSSR count). The fourth-order valence-electron chi connectivity index (χ4n) is 3.92. The van der Waals surface area contributed by atoms with E-state index in [4.69, 9.17) is 4.74 Å². The first kappa shape index (κ1) is 29.9. The Bertz CT molecular complexity index is 971. The van der Waals surface area contributed by atoms with Crippen LogP contribution in [0.1, 0.15) is 65.0 Å². The van der Waals surface area contributed by atoms with Gasteiger partial charge in [-0.05, 0) is 63.5 Å². The van der Waals surface area contributed by atoms with Gasteiger partial charge in [0.05, 0.1) is 0 Å². The molecule has 0 saturated heterocycles. The van der Waals surface area contributed by atoms with Crippen molar-refractivity contribution in [2.24, 2.45) is 5.92 Å². The molecule has 0 aliphatic rings. The van der Waals surface area contributed by atoms with Crippen molar-refractivity contribution in [1.29, 1.82) is 0 Å². The number of unbranched alkanes of at least 4 members (excludes halogenated alkanes) is 1. The Labute approximate surface area is 221 Å². The Hall–Kier alpha value is -3.35. The Balaban J connectivity index is 2.01. The van der Waals surface area contributed by atoms with Crippen molar-refractivity contribution in [3.05, 3.63) is 71.8 Å². The van der Waals surface area contributed by atoms with Gasteiger partial charge in [0.2, 0.25) is 11.8 Å². The molecule has 37 heavy (non-hydrogen) atoms. The van der Waals surface area contributed by atoms with Gasteiger partial charge in [-0.25, -0.2) is 4.79 Å². The van der Waals surface area contributed by atoms with Crippen molar-refractivity contribution in [2.75, 3.05) is 6.54 Å². The summed E-state index contributed by atoms with van der Waals surface area (Å²) in [6, 6.07) is 18.2. The quantitative estimate of drug-likeness (QED) is 0.338. The number of hydrogen-bond donors (Lipinski definition) is 3. The lowest BCUT2D eigenvalue weighted by atomic mass is 10.0. The van der Waals surface area contributed by atoms with E-state index in [0.29, 0.717) is 19.4 Å². The zero-order chi connectivity index (χ0) is 27.3. The van der Waals surface area contributed by atoms with Gasteiger partial charge < -0.3 is 20.7 Å². The third-order valence-electron chi connectivity index (χ3n) is 5.66. The highest BCUT2D eigenvalue weighted by Gasteiger charge is 2.29. The number of carbonyl (C=O) groups is 3. The summed E-state index contributed by atoms with van der Waals surface area (Å²) in [4.78, 5) is 38.8. The van der Waals surface area contributed by atoms with Gasteiger partial charge in [0.15, 0.2) is 0 Å². The Morgan fingerprint density at radius 1 is 0.784 bits per heavy atom. The summed E-state index contributed by atoms with van der Waals surface area (Å²) in [5.74, 6) is -0.492. The standard InChI is InChI=1S/C30H43N3O4/c1-22(2)20-25(33-29(36)37-30(3,4)5)28(35)32-26(21-24-17-10-7-11-18-24)27(34)31-19-13-12-16-23-14-8-6-9-15-23/h6-11,14-15,17-18,22,25-26H,12-13,16,19-21H2,1-5H3,(H,31,34)(H,32,35)(H,33,36)/t25-,26+/m1/s1. The summed E-state index contributed by atoms with van der Waals surface area (Å²) in [5.41, 5.74) is 1.53. The molecule has 0 aliphatic carbocycles. The highest BCUT2D eigenvalue weighted by atomic mass is 16.6. The molecule has 2 aromatic carbocycles. The predicted octanol–water partition coefficient (Wildman–Crippen LogP) is 4.79. The molecule has 0 radical (unpaired) electrons. The molecule has 0 heterocycles. The largest absolute Gasteiger partial charge is 0.444 e. The molecular formula is C30H43N3O4. The van der Waals surface area contributed by atoms with Gasteiger partial charge in [-0.15, -0.1) is 0 Å². The van der Waals surface area contributed by atoms with Crippen molar-refractivity contribution in [3.8, 4) is 0 Å². The molecule has 0 bridgehead atoms. The lowest BCUT2D eigenvalue weighted by Gasteiger charge is -2.26. The molecule has 0 fully saturated rings. The van der Waals surface area contributed by atoms with Crippen molar-refractivity contribution in [3.63, 3.8) is 0 Å². The van der Waals surface area contributed by atoms with Crippen molar-refractivity contribution in [1.82, 2.24) is 16.0 Å². The van der Waals surface area contributed by atoms with Crippen LogP contribution in [0.15, 0.2) is 60.7 Å². The van der Waals surface area contributed by atoms with E-state index in [2.05, 4.69) is 28.1 Å². The van der Waals surface area contributed by atoms with E-state index in [0.717, 1.165) is 24.8 Å². The van der Waals surface area contributed by atoms with E-state index < -0.39 is 29.7 Å². The fraction of sp³-hybridized carbons (Fsp3) is 0.500. The molecule has 7 heteroatoms. The molecule has 202 valence electrons. The summed E-state index contributed by atoms with van der Waals surface area (Å²) >= 11 is 0. The number of aryl methyl sites for hydroxylation is 1. The van der Waals surface area contributed by atoms with Crippen molar-refractivity contribution in [2.45, 2.75) is 84.4 Å². The summed E-state index contributed by atoms with van der Waals surface area (Å²) in [7, 11) is 0. The topological polar surface area (TPSA) is 96.5 Å². The summed E-state index contributed by atoms with van der Waals surface area (Å²) in [6.07, 6.45) is 2.86. The van der Waals surface area contributed by atoms with Gasteiger partial charge in [0, 0.05) is 13.0 Å². The number of rotatable bonds is 13. The van der Waals surface area contributed by atoms with Crippen LogP contribution in [0.25, 0.3) is 0 Å². The maximum Gasteiger partial charge on any atom is 0.408 e. The van der Waals surface area contributed by atoms with E-state index in [1.807, 2.05) is 62.4 Å². The van der Waals surface area contributed by atoms with Crippen LogP contribution in [0.5, 0.6) is 0 Å². The van der Waals surface area contributed by atoms with Crippen LogP contribution < -0.4 is 16.0 Å². The van der Waals surface area contributed by atoms with Gasteiger partial charge >= 0.3 is 6.09 Å². The minimum Gasteiger partial charge on any atom is -0.444 e. The molecule has 2 aromatic rings. The number of ether oxygens (including phenoxy) is 1. The number of hydrogen-bond acceptors (Lipinski definition) is 4. The van der Waals surface area contributed by atoms with E-state index in [-0.39, 0.29) is 11.8 Å². The summed E-state index contributed by atoms with van der Waals surface area (Å²) in [5, 5.41) is 8.55. The van der Waals surface area contributed by atoms with Crippen molar-refractivity contribution >= 4 is 17.9 Å². The van der Waals surface area contributed by atoms with Crippen LogP contribution >= 0.6 is 0 Å². The second kappa shape index (κ2) is 15.0. The van der Waals surface area contributed by atoms with E-state index in [1.54, 1.807) is 20.8 Å². The molecular weight excluding hydrogens is 466 g/mol. The molecule has 0 saturated carbocycles. The lowest BCUT2D eigenvalue weighted by Crippen LogP contribution is -2.55. The smallest absolute Gasteiger partial charge is 0.408 e. The van der Waals surface area contributed by atoms with Crippen LogP contribution in [0.3, 0.4) is 0 Å². The van der Waals surface area contributed by atoms with Gasteiger partial charge in [0.25, 0.3) is 0 Å². The van der Waals surface area contributed by atoms with Gasteiger partial charge in [-0.2, -0.15) is 0 Å². The first-order valence-corrected chi connectivity index (χ1v) is 13.2. The monoisotopic (exact) mass is 509 g/mol. The molecule has 3 N–H and O–H groups in total. The Morgan fingerprint density at radius 3 is 1.95 bits per heavy atom. The van der Waals surface area contributed by atoms with E-state index in [1.165, 1.54) is 5.56 Å².